The first-order chi connectivity index (χ1) is 15.0. The van der Waals surface area contributed by atoms with E-state index in [1.54, 1.807) is 30.7 Å². The number of benzene rings is 2. The molecule has 0 radical (unpaired) electrons. The van der Waals surface area contributed by atoms with Gasteiger partial charge in [-0.05, 0) is 43.2 Å². The third-order valence-corrected chi connectivity index (χ3v) is 5.35. The molecule has 4 aromatic rings. The maximum absolute atomic E-state index is 11.9. The lowest BCUT2D eigenvalue weighted by atomic mass is 10.1. The highest BCUT2D eigenvalue weighted by Crippen LogP contribution is 2.34. The summed E-state index contributed by atoms with van der Waals surface area (Å²) in [6.45, 7) is 0. The van der Waals surface area contributed by atoms with E-state index in [0.29, 0.717) is 22.2 Å². The lowest BCUT2D eigenvalue weighted by Crippen LogP contribution is -2.30. The van der Waals surface area contributed by atoms with Crippen molar-refractivity contribution in [2.75, 3.05) is 5.32 Å². The van der Waals surface area contributed by atoms with Gasteiger partial charge in [0.15, 0.2) is 0 Å². The Morgan fingerprint density at radius 2 is 2.03 bits per heavy atom. The average Bonchev–Trinajstić information content (AvgIpc) is 3.46. The van der Waals surface area contributed by atoms with E-state index in [2.05, 4.69) is 20.6 Å². The van der Waals surface area contributed by atoms with Gasteiger partial charge in [-0.3, -0.25) is 4.98 Å². The first kappa shape index (κ1) is 19.4. The van der Waals surface area contributed by atoms with E-state index in [1.165, 1.54) is 0 Å². The highest BCUT2D eigenvalue weighted by molar-refractivity contribution is 6.33. The van der Waals surface area contributed by atoms with Crippen molar-refractivity contribution in [1.82, 2.24) is 19.9 Å². The Kier molecular flexibility index (Phi) is 4.95. The van der Waals surface area contributed by atoms with Crippen LogP contribution < -0.4 is 15.4 Å². The van der Waals surface area contributed by atoms with Gasteiger partial charge in [-0.2, -0.15) is 0 Å². The van der Waals surface area contributed by atoms with Crippen LogP contribution in [0, 0.1) is 0 Å². The predicted molar refractivity (Wildman–Crippen MR) is 121 cm³/mol. The maximum atomic E-state index is 11.9. The van der Waals surface area contributed by atoms with Gasteiger partial charge in [0, 0.05) is 42.5 Å². The van der Waals surface area contributed by atoms with Crippen molar-refractivity contribution in [2.45, 2.75) is 18.9 Å². The number of nitrogens with one attached hydrogen (secondary N) is 2. The Labute approximate surface area is 184 Å². The van der Waals surface area contributed by atoms with Crippen molar-refractivity contribution < 1.29 is 9.53 Å². The molecule has 5 rings (SSSR count). The minimum atomic E-state index is -0.248. The molecule has 1 aliphatic rings. The van der Waals surface area contributed by atoms with Gasteiger partial charge in [0.05, 0.1) is 28.2 Å². The number of ether oxygens (including phenoxy) is 1. The molecule has 2 amide bonds. The molecule has 1 fully saturated rings. The quantitative estimate of drug-likeness (QED) is 0.443. The third-order valence-electron chi connectivity index (χ3n) is 5.03. The Morgan fingerprint density at radius 3 is 2.77 bits per heavy atom. The van der Waals surface area contributed by atoms with Gasteiger partial charge in [0.25, 0.3) is 0 Å². The summed E-state index contributed by atoms with van der Waals surface area (Å²) in [7, 11) is 1.94. The van der Waals surface area contributed by atoms with Crippen molar-refractivity contribution in [3.05, 3.63) is 66.2 Å². The number of carbonyl (C=O) groups is 1. The smallest absolute Gasteiger partial charge is 0.319 e. The Balaban J connectivity index is 1.37. The fraction of sp³-hybridized carbons (Fsp3) is 0.174. The number of nitrogens with zero attached hydrogens (tertiary/aromatic N) is 3. The van der Waals surface area contributed by atoms with E-state index in [0.717, 1.165) is 35.0 Å². The van der Waals surface area contributed by atoms with Crippen LogP contribution >= 0.6 is 11.6 Å². The van der Waals surface area contributed by atoms with Crippen molar-refractivity contribution in [3.8, 4) is 22.8 Å². The number of fused-ring (bicyclic) bond motifs is 1. The van der Waals surface area contributed by atoms with Crippen LogP contribution in [0.2, 0.25) is 5.02 Å². The molecule has 0 bridgehead atoms. The number of anilines is 1. The van der Waals surface area contributed by atoms with Crippen LogP contribution in [0.3, 0.4) is 0 Å². The van der Waals surface area contributed by atoms with E-state index >= 15 is 0 Å². The molecule has 2 aromatic heterocycles. The third kappa shape index (κ3) is 4.32. The second-order valence-electron chi connectivity index (χ2n) is 7.58. The molecule has 0 spiro atoms. The van der Waals surface area contributed by atoms with Gasteiger partial charge >= 0.3 is 6.03 Å². The summed E-state index contributed by atoms with van der Waals surface area (Å²) in [6, 6.07) is 13.0. The zero-order valence-corrected chi connectivity index (χ0v) is 17.6. The van der Waals surface area contributed by atoms with Gasteiger partial charge in [0.2, 0.25) is 0 Å². The molecule has 0 atom stereocenters. The molecule has 7 nitrogen and oxygen atoms in total. The number of rotatable bonds is 5. The molecule has 2 aromatic carbocycles. The summed E-state index contributed by atoms with van der Waals surface area (Å²) in [5.74, 6) is 1.24. The maximum Gasteiger partial charge on any atom is 0.319 e. The number of imidazole rings is 1. The van der Waals surface area contributed by atoms with Gasteiger partial charge in [-0.15, -0.1) is 0 Å². The summed E-state index contributed by atoms with van der Waals surface area (Å²) < 4.78 is 7.99. The van der Waals surface area contributed by atoms with E-state index in [4.69, 9.17) is 16.3 Å². The molecule has 0 saturated heterocycles. The van der Waals surface area contributed by atoms with Crippen LogP contribution in [-0.4, -0.2) is 26.6 Å². The van der Waals surface area contributed by atoms with Crippen molar-refractivity contribution in [1.29, 1.82) is 0 Å². The number of hydrogen-bond acceptors (Lipinski definition) is 4. The van der Waals surface area contributed by atoms with Gasteiger partial charge in [0.1, 0.15) is 11.5 Å². The Hall–Kier alpha value is -3.58. The van der Waals surface area contributed by atoms with Crippen molar-refractivity contribution >= 4 is 34.2 Å². The largest absolute Gasteiger partial charge is 0.457 e. The molecule has 2 heterocycles. The van der Waals surface area contributed by atoms with E-state index < -0.39 is 0 Å². The number of hydrogen-bond donors (Lipinski definition) is 2. The molecule has 1 saturated carbocycles. The number of halogens is 1. The summed E-state index contributed by atoms with van der Waals surface area (Å²) >= 11 is 6.36. The molecule has 0 aliphatic heterocycles. The van der Waals surface area contributed by atoms with Crippen molar-refractivity contribution in [3.63, 3.8) is 0 Å². The lowest BCUT2D eigenvalue weighted by molar-refractivity contribution is 0.251. The molecule has 1 aliphatic carbocycles. The van der Waals surface area contributed by atoms with E-state index in [9.17, 15) is 4.79 Å². The number of aromatic nitrogens is 3. The number of pyridine rings is 1. The monoisotopic (exact) mass is 433 g/mol. The zero-order valence-electron chi connectivity index (χ0n) is 16.8. The first-order valence-corrected chi connectivity index (χ1v) is 10.3. The first-order valence-electron chi connectivity index (χ1n) is 9.97. The molecule has 2 N–H and O–H groups in total. The predicted octanol–water partition coefficient (Wildman–Crippen LogP) is 5.36. The van der Waals surface area contributed by atoms with Crippen LogP contribution in [0.15, 0.2) is 61.2 Å². The fourth-order valence-corrected chi connectivity index (χ4v) is 3.51. The molecule has 8 heteroatoms. The molecule has 31 heavy (non-hydrogen) atoms. The van der Waals surface area contributed by atoms with Crippen LogP contribution in [0.5, 0.6) is 11.5 Å². The number of amides is 2. The minimum absolute atomic E-state index is 0.248. The van der Waals surface area contributed by atoms with Crippen LogP contribution in [0.1, 0.15) is 12.8 Å². The SMILES string of the molecule is Cn1cnc(-c2ccc3c(Oc4ccc(NC(=O)NC5CC5)c(Cl)c4)ccnc3c2)c1. The number of aryl methyl sites for hydroxylation is 1. The highest BCUT2D eigenvalue weighted by Gasteiger charge is 2.23. The summed E-state index contributed by atoms with van der Waals surface area (Å²) in [5, 5.41) is 6.92. The Bertz CT molecular complexity index is 1280. The summed E-state index contributed by atoms with van der Waals surface area (Å²) in [4.78, 5) is 20.8. The molecule has 0 unspecified atom stereocenters. The minimum Gasteiger partial charge on any atom is -0.457 e. The number of carbonyl (C=O) groups excluding carboxylic acids is 1. The summed E-state index contributed by atoms with van der Waals surface area (Å²) in [5.41, 5.74) is 3.22. The number of urea groups is 1. The van der Waals surface area contributed by atoms with Gasteiger partial charge in [-0.1, -0.05) is 17.7 Å². The van der Waals surface area contributed by atoms with Gasteiger partial charge in [-0.25, -0.2) is 9.78 Å². The zero-order chi connectivity index (χ0) is 21.4. The topological polar surface area (TPSA) is 81.1 Å². The molecule has 156 valence electrons. The van der Waals surface area contributed by atoms with Gasteiger partial charge < -0.3 is 19.9 Å². The van der Waals surface area contributed by atoms with Crippen LogP contribution in [0.25, 0.3) is 22.2 Å². The lowest BCUT2D eigenvalue weighted by Gasteiger charge is -2.12. The van der Waals surface area contributed by atoms with E-state index in [-0.39, 0.29) is 12.1 Å². The fourth-order valence-electron chi connectivity index (χ4n) is 3.29. The highest BCUT2D eigenvalue weighted by atomic mass is 35.5. The second kappa shape index (κ2) is 7.92. The normalized spacial score (nSPS) is 13.2. The summed E-state index contributed by atoms with van der Waals surface area (Å²) in [6.07, 6.45) is 7.49. The standard InChI is InChI=1S/C23H20ClN5O2/c1-29-12-21(26-13-29)14-2-6-17-20(10-14)25-9-8-22(17)31-16-5-7-19(18(24)11-16)28-23(30)27-15-3-4-15/h2,5-13,15H,3-4H2,1H3,(H2,27,28,30). The second-order valence-corrected chi connectivity index (χ2v) is 7.99. The van der Waals surface area contributed by atoms with E-state index in [1.807, 2.05) is 42.1 Å². The molecular weight excluding hydrogens is 414 g/mol. The Morgan fingerprint density at radius 1 is 1.16 bits per heavy atom. The average molecular weight is 434 g/mol. The van der Waals surface area contributed by atoms with Crippen molar-refractivity contribution in [2.24, 2.45) is 7.05 Å². The van der Waals surface area contributed by atoms with Crippen LogP contribution in [0.4, 0.5) is 10.5 Å². The van der Waals surface area contributed by atoms with Crippen LogP contribution in [-0.2, 0) is 7.05 Å². The molecular formula is C23H20ClN5O2.